The van der Waals surface area contributed by atoms with Gasteiger partial charge in [0.2, 0.25) is 0 Å². The SMILES string of the molecule is CCCc1ccc(C(=O)CCC(=O)O[C@@H](C)C(=O)Nc2ccc(Cl)cc2)cc1. The van der Waals surface area contributed by atoms with E-state index in [-0.39, 0.29) is 18.6 Å². The molecule has 1 N–H and O–H groups in total. The summed E-state index contributed by atoms with van der Waals surface area (Å²) in [5.74, 6) is -1.17. The van der Waals surface area contributed by atoms with Gasteiger partial charge in [0.25, 0.3) is 5.91 Å². The van der Waals surface area contributed by atoms with Gasteiger partial charge in [0.1, 0.15) is 0 Å². The number of halogens is 1. The summed E-state index contributed by atoms with van der Waals surface area (Å²) in [5.41, 5.74) is 2.30. The number of ether oxygens (including phenoxy) is 1. The number of esters is 1. The quantitative estimate of drug-likeness (QED) is 0.482. The highest BCUT2D eigenvalue weighted by Gasteiger charge is 2.19. The molecule has 0 aromatic heterocycles. The Morgan fingerprint density at radius 2 is 1.64 bits per heavy atom. The number of amides is 1. The molecule has 0 saturated heterocycles. The van der Waals surface area contributed by atoms with Gasteiger partial charge in [0, 0.05) is 22.7 Å². The van der Waals surface area contributed by atoms with E-state index in [1.165, 1.54) is 12.5 Å². The van der Waals surface area contributed by atoms with Gasteiger partial charge in [-0.15, -0.1) is 0 Å². The van der Waals surface area contributed by atoms with Gasteiger partial charge in [-0.2, -0.15) is 0 Å². The van der Waals surface area contributed by atoms with E-state index in [0.29, 0.717) is 16.3 Å². The summed E-state index contributed by atoms with van der Waals surface area (Å²) < 4.78 is 5.12. The molecule has 2 aromatic carbocycles. The monoisotopic (exact) mass is 401 g/mol. The van der Waals surface area contributed by atoms with Crippen molar-refractivity contribution in [3.63, 3.8) is 0 Å². The van der Waals surface area contributed by atoms with Crippen LogP contribution in [-0.2, 0) is 20.7 Å². The molecule has 5 nitrogen and oxygen atoms in total. The highest BCUT2D eigenvalue weighted by atomic mass is 35.5. The van der Waals surface area contributed by atoms with E-state index >= 15 is 0 Å². The maximum absolute atomic E-state index is 12.2. The van der Waals surface area contributed by atoms with Crippen LogP contribution < -0.4 is 5.32 Å². The fourth-order valence-electron chi connectivity index (χ4n) is 2.59. The van der Waals surface area contributed by atoms with Crippen molar-refractivity contribution in [1.82, 2.24) is 0 Å². The lowest BCUT2D eigenvalue weighted by Crippen LogP contribution is -2.30. The average molecular weight is 402 g/mol. The minimum Gasteiger partial charge on any atom is -0.453 e. The predicted molar refractivity (Wildman–Crippen MR) is 110 cm³/mol. The Bertz CT molecular complexity index is 815. The molecule has 0 bridgehead atoms. The lowest BCUT2D eigenvalue weighted by molar-refractivity contribution is -0.153. The first kappa shape index (κ1) is 21.6. The third-order valence-electron chi connectivity index (χ3n) is 4.16. The molecule has 0 aliphatic carbocycles. The maximum atomic E-state index is 12.2. The Balaban J connectivity index is 1.78. The minimum atomic E-state index is -0.966. The Morgan fingerprint density at radius 1 is 1.00 bits per heavy atom. The highest BCUT2D eigenvalue weighted by Crippen LogP contribution is 2.14. The summed E-state index contributed by atoms with van der Waals surface area (Å²) in [4.78, 5) is 36.3. The first-order valence-electron chi connectivity index (χ1n) is 9.27. The summed E-state index contributed by atoms with van der Waals surface area (Å²) in [6.07, 6.45) is 1.01. The van der Waals surface area contributed by atoms with Crippen molar-refractivity contribution >= 4 is 34.9 Å². The highest BCUT2D eigenvalue weighted by molar-refractivity contribution is 6.30. The number of anilines is 1. The molecule has 0 fully saturated rings. The van der Waals surface area contributed by atoms with E-state index in [0.717, 1.165) is 12.8 Å². The van der Waals surface area contributed by atoms with E-state index in [2.05, 4.69) is 12.2 Å². The third-order valence-corrected chi connectivity index (χ3v) is 4.41. The van der Waals surface area contributed by atoms with E-state index in [1.54, 1.807) is 36.4 Å². The molecule has 2 rings (SSSR count). The summed E-state index contributed by atoms with van der Waals surface area (Å²) in [5, 5.41) is 3.20. The number of rotatable bonds is 9. The van der Waals surface area contributed by atoms with Crippen LogP contribution in [0.5, 0.6) is 0 Å². The predicted octanol–water partition coefficient (Wildman–Crippen LogP) is 4.83. The molecular formula is C22H24ClNO4. The van der Waals surface area contributed by atoms with Crippen LogP contribution in [0, 0.1) is 0 Å². The van der Waals surface area contributed by atoms with Crippen molar-refractivity contribution in [2.45, 2.75) is 45.6 Å². The molecule has 6 heteroatoms. The van der Waals surface area contributed by atoms with E-state index < -0.39 is 18.0 Å². The summed E-state index contributed by atoms with van der Waals surface area (Å²) >= 11 is 5.80. The molecule has 0 aliphatic rings. The zero-order valence-corrected chi connectivity index (χ0v) is 16.8. The first-order valence-corrected chi connectivity index (χ1v) is 9.65. The van der Waals surface area contributed by atoms with Crippen LogP contribution in [0.4, 0.5) is 5.69 Å². The number of aryl methyl sites for hydroxylation is 1. The van der Waals surface area contributed by atoms with Crippen LogP contribution in [0.2, 0.25) is 5.02 Å². The third kappa shape index (κ3) is 6.82. The first-order chi connectivity index (χ1) is 13.4. The number of carbonyl (C=O) groups is 3. The molecule has 0 saturated carbocycles. The number of nitrogens with one attached hydrogen (secondary N) is 1. The van der Waals surface area contributed by atoms with Crippen molar-refractivity contribution in [3.8, 4) is 0 Å². The molecule has 0 heterocycles. The van der Waals surface area contributed by atoms with E-state index in [4.69, 9.17) is 16.3 Å². The zero-order valence-electron chi connectivity index (χ0n) is 16.0. The molecule has 0 aliphatic heterocycles. The van der Waals surface area contributed by atoms with Crippen molar-refractivity contribution in [2.75, 3.05) is 5.32 Å². The fourth-order valence-corrected chi connectivity index (χ4v) is 2.72. The number of ketones is 1. The Hall–Kier alpha value is -2.66. The number of benzene rings is 2. The standard InChI is InChI=1S/C22H24ClNO4/c1-3-4-16-5-7-17(8-6-16)20(25)13-14-21(26)28-15(2)22(27)24-19-11-9-18(23)10-12-19/h5-12,15H,3-4,13-14H2,1-2H3,(H,24,27)/t15-/m0/s1. The number of Topliss-reactive ketones (excluding diaryl/α,β-unsaturated/α-hetero) is 1. The van der Waals surface area contributed by atoms with Crippen LogP contribution in [0.1, 0.15) is 49.0 Å². The molecule has 28 heavy (non-hydrogen) atoms. The van der Waals surface area contributed by atoms with Crippen LogP contribution in [-0.4, -0.2) is 23.8 Å². The number of carbonyl (C=O) groups excluding carboxylic acids is 3. The summed E-state index contributed by atoms with van der Waals surface area (Å²) in [7, 11) is 0. The van der Waals surface area contributed by atoms with Gasteiger partial charge in [-0.25, -0.2) is 0 Å². The molecule has 1 amide bonds. The van der Waals surface area contributed by atoms with Gasteiger partial charge in [-0.05, 0) is 43.2 Å². The van der Waals surface area contributed by atoms with Gasteiger partial charge in [0.05, 0.1) is 6.42 Å². The molecule has 0 unspecified atom stereocenters. The Kier molecular flexibility index (Phi) is 8.20. The van der Waals surface area contributed by atoms with Crippen LogP contribution in [0.3, 0.4) is 0 Å². The number of hydrogen-bond donors (Lipinski definition) is 1. The Labute approximate surface area is 170 Å². The second-order valence-electron chi connectivity index (χ2n) is 6.50. The van der Waals surface area contributed by atoms with Crippen LogP contribution in [0.25, 0.3) is 0 Å². The van der Waals surface area contributed by atoms with Gasteiger partial charge >= 0.3 is 5.97 Å². The van der Waals surface area contributed by atoms with Crippen molar-refractivity contribution in [1.29, 1.82) is 0 Å². The fraction of sp³-hybridized carbons (Fsp3) is 0.318. The Morgan fingerprint density at radius 3 is 2.25 bits per heavy atom. The van der Waals surface area contributed by atoms with Crippen molar-refractivity contribution < 1.29 is 19.1 Å². The average Bonchev–Trinajstić information content (AvgIpc) is 2.68. The molecule has 148 valence electrons. The summed E-state index contributed by atoms with van der Waals surface area (Å²) in [6, 6.07) is 14.0. The van der Waals surface area contributed by atoms with Crippen LogP contribution in [0.15, 0.2) is 48.5 Å². The van der Waals surface area contributed by atoms with E-state index in [1.807, 2.05) is 12.1 Å². The largest absolute Gasteiger partial charge is 0.453 e. The molecular weight excluding hydrogens is 378 g/mol. The van der Waals surface area contributed by atoms with Gasteiger partial charge in [0.15, 0.2) is 11.9 Å². The molecule has 0 spiro atoms. The lowest BCUT2D eigenvalue weighted by atomic mass is 10.0. The topological polar surface area (TPSA) is 72.5 Å². The molecule has 0 radical (unpaired) electrons. The second kappa shape index (κ2) is 10.6. The zero-order chi connectivity index (χ0) is 20.5. The number of hydrogen-bond acceptors (Lipinski definition) is 4. The van der Waals surface area contributed by atoms with Crippen LogP contribution >= 0.6 is 11.6 Å². The van der Waals surface area contributed by atoms with E-state index in [9.17, 15) is 14.4 Å². The normalized spacial score (nSPS) is 11.5. The molecule has 1 atom stereocenters. The minimum absolute atomic E-state index is 0.0392. The maximum Gasteiger partial charge on any atom is 0.307 e. The molecule has 2 aromatic rings. The smallest absolute Gasteiger partial charge is 0.307 e. The summed E-state index contributed by atoms with van der Waals surface area (Å²) in [6.45, 7) is 3.58. The van der Waals surface area contributed by atoms with Gasteiger partial charge in [-0.3, -0.25) is 14.4 Å². The van der Waals surface area contributed by atoms with Gasteiger partial charge < -0.3 is 10.1 Å². The van der Waals surface area contributed by atoms with Crippen molar-refractivity contribution in [3.05, 3.63) is 64.7 Å². The second-order valence-corrected chi connectivity index (χ2v) is 6.93. The van der Waals surface area contributed by atoms with Crippen molar-refractivity contribution in [2.24, 2.45) is 0 Å². The lowest BCUT2D eigenvalue weighted by Gasteiger charge is -2.13. The van der Waals surface area contributed by atoms with Gasteiger partial charge in [-0.1, -0.05) is 49.2 Å².